The number of likely N-dealkylation sites (tertiary alicyclic amines) is 1. The van der Waals surface area contributed by atoms with Gasteiger partial charge in [-0.1, -0.05) is 12.5 Å². The third kappa shape index (κ3) is 3.05. The van der Waals surface area contributed by atoms with Gasteiger partial charge >= 0.3 is 0 Å². The van der Waals surface area contributed by atoms with E-state index >= 15 is 0 Å². The molecule has 1 saturated heterocycles. The van der Waals surface area contributed by atoms with Gasteiger partial charge in [0.25, 0.3) is 0 Å². The Morgan fingerprint density at radius 1 is 1.47 bits per heavy atom. The SMILES string of the molecule is CC(Oc1cccc(F)c1C#N)C1CCCCN1C. The second-order valence-corrected chi connectivity index (χ2v) is 5.09. The lowest BCUT2D eigenvalue weighted by Crippen LogP contribution is -2.45. The van der Waals surface area contributed by atoms with Gasteiger partial charge in [0.2, 0.25) is 0 Å². The summed E-state index contributed by atoms with van der Waals surface area (Å²) in [5.41, 5.74) is -0.00666. The summed E-state index contributed by atoms with van der Waals surface area (Å²) in [5, 5.41) is 8.99. The molecule has 1 fully saturated rings. The number of ether oxygens (including phenoxy) is 1. The van der Waals surface area contributed by atoms with E-state index in [0.29, 0.717) is 11.8 Å². The van der Waals surface area contributed by atoms with Crippen molar-refractivity contribution in [3.05, 3.63) is 29.6 Å². The fourth-order valence-electron chi connectivity index (χ4n) is 2.68. The van der Waals surface area contributed by atoms with Gasteiger partial charge in [0, 0.05) is 6.04 Å². The molecule has 2 unspecified atom stereocenters. The molecule has 19 heavy (non-hydrogen) atoms. The van der Waals surface area contributed by atoms with Crippen LogP contribution in [0.1, 0.15) is 31.7 Å². The molecule has 0 aromatic heterocycles. The number of benzene rings is 1. The van der Waals surface area contributed by atoms with Crippen molar-refractivity contribution < 1.29 is 9.13 Å². The van der Waals surface area contributed by atoms with Crippen LogP contribution in [-0.2, 0) is 0 Å². The van der Waals surface area contributed by atoms with Crippen molar-refractivity contribution in [3.63, 3.8) is 0 Å². The minimum absolute atomic E-state index is 0.00666. The number of nitrogens with zero attached hydrogens (tertiary/aromatic N) is 2. The van der Waals surface area contributed by atoms with Gasteiger partial charge in [-0.05, 0) is 45.5 Å². The van der Waals surface area contributed by atoms with Crippen LogP contribution >= 0.6 is 0 Å². The van der Waals surface area contributed by atoms with Crippen LogP contribution < -0.4 is 4.74 Å². The zero-order chi connectivity index (χ0) is 13.8. The number of hydrogen-bond donors (Lipinski definition) is 0. The molecule has 4 heteroatoms. The molecule has 1 aliphatic heterocycles. The maximum absolute atomic E-state index is 13.5. The highest BCUT2D eigenvalue weighted by Crippen LogP contribution is 2.25. The number of halogens is 1. The van der Waals surface area contributed by atoms with Crippen LogP contribution in [0, 0.1) is 17.1 Å². The fraction of sp³-hybridized carbons (Fsp3) is 0.533. The van der Waals surface area contributed by atoms with Gasteiger partial charge < -0.3 is 4.74 Å². The van der Waals surface area contributed by atoms with Crippen LogP contribution in [0.15, 0.2) is 18.2 Å². The van der Waals surface area contributed by atoms with E-state index in [4.69, 9.17) is 10.00 Å². The lowest BCUT2D eigenvalue weighted by atomic mass is 9.99. The summed E-state index contributed by atoms with van der Waals surface area (Å²) in [5.74, 6) is -0.182. The van der Waals surface area contributed by atoms with E-state index in [2.05, 4.69) is 11.9 Å². The number of likely N-dealkylation sites (N-methyl/N-ethyl adjacent to an activating group) is 1. The normalized spacial score (nSPS) is 21.7. The zero-order valence-electron chi connectivity index (χ0n) is 11.4. The molecule has 102 valence electrons. The highest BCUT2D eigenvalue weighted by Gasteiger charge is 2.26. The van der Waals surface area contributed by atoms with E-state index in [1.165, 1.54) is 18.9 Å². The third-order valence-electron chi connectivity index (χ3n) is 3.77. The van der Waals surface area contributed by atoms with Gasteiger partial charge in [0.15, 0.2) is 0 Å². The smallest absolute Gasteiger partial charge is 0.144 e. The topological polar surface area (TPSA) is 36.3 Å². The summed E-state index contributed by atoms with van der Waals surface area (Å²) in [4.78, 5) is 2.28. The lowest BCUT2D eigenvalue weighted by molar-refractivity contribution is 0.0682. The Bertz CT molecular complexity index is 484. The predicted octanol–water partition coefficient (Wildman–Crippen LogP) is 2.95. The molecule has 0 bridgehead atoms. The first-order chi connectivity index (χ1) is 9.13. The Morgan fingerprint density at radius 3 is 2.95 bits per heavy atom. The summed E-state index contributed by atoms with van der Waals surface area (Å²) in [7, 11) is 2.08. The van der Waals surface area contributed by atoms with Gasteiger partial charge in [0.05, 0.1) is 0 Å². The first kappa shape index (κ1) is 13.8. The largest absolute Gasteiger partial charge is 0.488 e. The molecule has 0 aliphatic carbocycles. The van der Waals surface area contributed by atoms with E-state index in [-0.39, 0.29) is 11.7 Å². The molecule has 1 aromatic carbocycles. The van der Waals surface area contributed by atoms with Gasteiger partial charge in [-0.3, -0.25) is 4.90 Å². The van der Waals surface area contributed by atoms with Crippen LogP contribution in [0.3, 0.4) is 0 Å². The second kappa shape index (κ2) is 6.03. The van der Waals surface area contributed by atoms with Crippen LogP contribution in [-0.4, -0.2) is 30.6 Å². The van der Waals surface area contributed by atoms with Crippen molar-refractivity contribution in [1.82, 2.24) is 4.90 Å². The molecule has 0 saturated carbocycles. The monoisotopic (exact) mass is 262 g/mol. The number of nitriles is 1. The maximum atomic E-state index is 13.5. The highest BCUT2D eigenvalue weighted by molar-refractivity contribution is 5.43. The van der Waals surface area contributed by atoms with Crippen molar-refractivity contribution in [1.29, 1.82) is 5.26 Å². The number of hydrogen-bond acceptors (Lipinski definition) is 3. The summed E-state index contributed by atoms with van der Waals surface area (Å²) >= 11 is 0. The first-order valence-corrected chi connectivity index (χ1v) is 6.69. The molecule has 1 aromatic rings. The highest BCUT2D eigenvalue weighted by atomic mass is 19.1. The van der Waals surface area contributed by atoms with Gasteiger partial charge in [-0.25, -0.2) is 4.39 Å². The average molecular weight is 262 g/mol. The Kier molecular flexibility index (Phi) is 4.39. The average Bonchev–Trinajstić information content (AvgIpc) is 2.39. The Hall–Kier alpha value is -1.60. The molecule has 0 spiro atoms. The van der Waals surface area contributed by atoms with Crippen molar-refractivity contribution in [2.45, 2.75) is 38.3 Å². The van der Waals surface area contributed by atoms with Crippen LogP contribution in [0.25, 0.3) is 0 Å². The summed E-state index contributed by atoms with van der Waals surface area (Å²) in [6, 6.07) is 6.70. The Labute approximate surface area is 113 Å². The first-order valence-electron chi connectivity index (χ1n) is 6.69. The molecular formula is C15H19FN2O. The molecule has 0 amide bonds. The maximum Gasteiger partial charge on any atom is 0.144 e. The van der Waals surface area contributed by atoms with Crippen LogP contribution in [0.4, 0.5) is 4.39 Å². The summed E-state index contributed by atoms with van der Waals surface area (Å²) < 4.78 is 19.3. The van der Waals surface area contributed by atoms with E-state index in [9.17, 15) is 4.39 Å². The van der Waals surface area contributed by atoms with Crippen molar-refractivity contribution >= 4 is 0 Å². The Morgan fingerprint density at radius 2 is 2.26 bits per heavy atom. The molecule has 2 atom stereocenters. The molecule has 2 rings (SSSR count). The van der Waals surface area contributed by atoms with Crippen molar-refractivity contribution in [2.75, 3.05) is 13.6 Å². The van der Waals surface area contributed by atoms with E-state index in [0.717, 1.165) is 13.0 Å². The van der Waals surface area contributed by atoms with Crippen LogP contribution in [0.2, 0.25) is 0 Å². The molecule has 0 N–H and O–H groups in total. The van der Waals surface area contributed by atoms with E-state index in [1.807, 2.05) is 13.0 Å². The number of piperidine rings is 1. The molecule has 1 aliphatic rings. The van der Waals surface area contributed by atoms with Crippen LogP contribution in [0.5, 0.6) is 5.75 Å². The molecule has 3 nitrogen and oxygen atoms in total. The molecule has 0 radical (unpaired) electrons. The molecule has 1 heterocycles. The third-order valence-corrected chi connectivity index (χ3v) is 3.77. The standard InChI is InChI=1S/C15H19FN2O/c1-11(14-7-3-4-9-18(14)2)19-15-8-5-6-13(16)12(15)10-17/h5-6,8,11,14H,3-4,7,9H2,1-2H3. The lowest BCUT2D eigenvalue weighted by Gasteiger charge is -2.36. The minimum atomic E-state index is -0.524. The number of rotatable bonds is 3. The predicted molar refractivity (Wildman–Crippen MR) is 71.5 cm³/mol. The zero-order valence-corrected chi connectivity index (χ0v) is 11.4. The van der Waals surface area contributed by atoms with Gasteiger partial charge in [-0.2, -0.15) is 5.26 Å². The second-order valence-electron chi connectivity index (χ2n) is 5.09. The van der Waals surface area contributed by atoms with Crippen molar-refractivity contribution in [3.8, 4) is 11.8 Å². The van der Waals surface area contributed by atoms with Gasteiger partial charge in [-0.15, -0.1) is 0 Å². The van der Waals surface area contributed by atoms with Crippen molar-refractivity contribution in [2.24, 2.45) is 0 Å². The fourth-order valence-corrected chi connectivity index (χ4v) is 2.68. The van der Waals surface area contributed by atoms with Gasteiger partial charge in [0.1, 0.15) is 29.3 Å². The quantitative estimate of drug-likeness (QED) is 0.840. The summed E-state index contributed by atoms with van der Waals surface area (Å²) in [6.07, 6.45) is 3.42. The minimum Gasteiger partial charge on any atom is -0.488 e. The Balaban J connectivity index is 2.12. The molecular weight excluding hydrogens is 243 g/mol. The van der Waals surface area contributed by atoms with E-state index < -0.39 is 5.82 Å². The van der Waals surface area contributed by atoms with E-state index in [1.54, 1.807) is 12.1 Å². The summed E-state index contributed by atoms with van der Waals surface area (Å²) in [6.45, 7) is 3.05.